The first-order chi connectivity index (χ1) is 7.99. The number of hydrogen-bond donors (Lipinski definition) is 1. The first-order valence-corrected chi connectivity index (χ1v) is 6.29. The zero-order valence-corrected chi connectivity index (χ0v) is 11.2. The molecular formula is C12H15Cl2NO2. The predicted octanol–water partition coefficient (Wildman–Crippen LogP) is 3.74. The van der Waals surface area contributed by atoms with Crippen LogP contribution in [0.5, 0.6) is 0 Å². The summed E-state index contributed by atoms with van der Waals surface area (Å²) in [6.07, 6.45) is 0.998. The predicted molar refractivity (Wildman–Crippen MR) is 67.4 cm³/mol. The van der Waals surface area contributed by atoms with E-state index in [0.717, 1.165) is 17.2 Å². The summed E-state index contributed by atoms with van der Waals surface area (Å²) >= 11 is 12.0. The molecule has 1 aliphatic carbocycles. The van der Waals surface area contributed by atoms with Gasteiger partial charge in [0.25, 0.3) is 0 Å². The van der Waals surface area contributed by atoms with Crippen LogP contribution in [-0.4, -0.2) is 23.6 Å². The summed E-state index contributed by atoms with van der Waals surface area (Å²) in [5.41, 5.74) is 1.11. The third-order valence-corrected chi connectivity index (χ3v) is 3.69. The Morgan fingerprint density at radius 3 is 2.76 bits per heavy atom. The Kier molecular flexibility index (Phi) is 3.95. The number of hydrogen-bond acceptors (Lipinski definition) is 3. The van der Waals surface area contributed by atoms with Gasteiger partial charge in [0, 0.05) is 17.1 Å². The summed E-state index contributed by atoms with van der Waals surface area (Å²) < 4.78 is 0. The van der Waals surface area contributed by atoms with Crippen molar-refractivity contribution in [3.8, 4) is 0 Å². The molecule has 3 nitrogen and oxygen atoms in total. The lowest BCUT2D eigenvalue weighted by Gasteiger charge is -2.16. The van der Waals surface area contributed by atoms with Gasteiger partial charge in [-0.1, -0.05) is 34.5 Å². The van der Waals surface area contributed by atoms with Crippen LogP contribution in [0.3, 0.4) is 0 Å². The van der Waals surface area contributed by atoms with Crippen molar-refractivity contribution in [2.24, 2.45) is 5.92 Å². The van der Waals surface area contributed by atoms with Crippen molar-refractivity contribution >= 4 is 23.2 Å². The fourth-order valence-corrected chi connectivity index (χ4v) is 2.76. The molecule has 1 fully saturated rings. The molecule has 94 valence electrons. The average molecular weight is 276 g/mol. The van der Waals surface area contributed by atoms with Crippen LogP contribution in [0, 0.1) is 5.92 Å². The minimum atomic E-state index is -0.0262. The van der Waals surface area contributed by atoms with Gasteiger partial charge in [0.1, 0.15) is 0 Å². The number of nitrogens with zero attached hydrogens (tertiary/aromatic N) is 1. The minimum absolute atomic E-state index is 0.0262. The standard InChI is InChI=1S/C12H15Cl2NO2/c1-7(17-15(2)16)10-6-11(10)9-4-3-8(13)5-12(9)14/h3-5,7,10-11,16H,6H2,1-2H3/t7?,10-,11-/m0/s1. The Balaban J connectivity index is 2.02. The molecule has 1 aromatic rings. The van der Waals surface area contributed by atoms with Crippen LogP contribution < -0.4 is 0 Å². The summed E-state index contributed by atoms with van der Waals surface area (Å²) in [6, 6.07) is 5.57. The molecule has 1 saturated carbocycles. The lowest BCUT2D eigenvalue weighted by molar-refractivity contribution is -0.345. The van der Waals surface area contributed by atoms with E-state index in [9.17, 15) is 0 Å². The molecule has 1 aromatic carbocycles. The van der Waals surface area contributed by atoms with Crippen molar-refractivity contribution in [1.29, 1.82) is 0 Å². The highest BCUT2D eigenvalue weighted by molar-refractivity contribution is 6.35. The second-order valence-corrected chi connectivity index (χ2v) is 5.29. The summed E-state index contributed by atoms with van der Waals surface area (Å²) in [6.45, 7) is 1.95. The van der Waals surface area contributed by atoms with E-state index in [0.29, 0.717) is 21.9 Å². The van der Waals surface area contributed by atoms with Gasteiger partial charge >= 0.3 is 0 Å². The van der Waals surface area contributed by atoms with Crippen LogP contribution in [0.15, 0.2) is 18.2 Å². The van der Waals surface area contributed by atoms with Gasteiger partial charge in [-0.05, 0) is 42.9 Å². The smallest absolute Gasteiger partial charge is 0.0825 e. The quantitative estimate of drug-likeness (QED) is 0.850. The van der Waals surface area contributed by atoms with E-state index >= 15 is 0 Å². The molecule has 0 spiro atoms. The van der Waals surface area contributed by atoms with Gasteiger partial charge in [-0.25, -0.2) is 0 Å². The topological polar surface area (TPSA) is 32.7 Å². The van der Waals surface area contributed by atoms with E-state index in [4.69, 9.17) is 33.2 Å². The zero-order valence-electron chi connectivity index (χ0n) is 9.73. The molecule has 0 heterocycles. The summed E-state index contributed by atoms with van der Waals surface area (Å²) in [5, 5.41) is 11.1. The van der Waals surface area contributed by atoms with Crippen LogP contribution in [0.4, 0.5) is 0 Å². The first-order valence-electron chi connectivity index (χ1n) is 5.53. The molecule has 1 aliphatic rings. The van der Waals surface area contributed by atoms with Crippen molar-refractivity contribution in [3.05, 3.63) is 33.8 Å². The maximum absolute atomic E-state index is 9.01. The number of benzene rings is 1. The molecule has 0 bridgehead atoms. The molecule has 0 amide bonds. The average Bonchev–Trinajstić information content (AvgIpc) is 2.96. The van der Waals surface area contributed by atoms with E-state index < -0.39 is 0 Å². The number of halogens is 2. The molecular weight excluding hydrogens is 261 g/mol. The Morgan fingerprint density at radius 1 is 1.47 bits per heavy atom. The maximum atomic E-state index is 9.01. The fraction of sp³-hybridized carbons (Fsp3) is 0.500. The zero-order chi connectivity index (χ0) is 12.6. The first kappa shape index (κ1) is 13.1. The largest absolute Gasteiger partial charge is 0.290 e. The van der Waals surface area contributed by atoms with Crippen molar-refractivity contribution in [1.82, 2.24) is 5.23 Å². The van der Waals surface area contributed by atoms with Crippen molar-refractivity contribution < 1.29 is 10.0 Å². The van der Waals surface area contributed by atoms with E-state index in [-0.39, 0.29) is 6.10 Å². The molecule has 3 atom stereocenters. The summed E-state index contributed by atoms with van der Waals surface area (Å²) in [7, 11) is 1.46. The highest BCUT2D eigenvalue weighted by Gasteiger charge is 2.44. The molecule has 1 unspecified atom stereocenters. The van der Waals surface area contributed by atoms with Gasteiger partial charge in [0.05, 0.1) is 6.10 Å². The third kappa shape index (κ3) is 3.12. The Morgan fingerprint density at radius 2 is 2.18 bits per heavy atom. The van der Waals surface area contributed by atoms with Crippen LogP contribution in [0.25, 0.3) is 0 Å². The van der Waals surface area contributed by atoms with E-state index in [1.54, 1.807) is 6.07 Å². The van der Waals surface area contributed by atoms with Crippen molar-refractivity contribution in [2.75, 3.05) is 7.05 Å². The maximum Gasteiger partial charge on any atom is 0.0825 e. The van der Waals surface area contributed by atoms with Gasteiger partial charge in [-0.3, -0.25) is 10.0 Å². The van der Waals surface area contributed by atoms with Crippen molar-refractivity contribution in [2.45, 2.75) is 25.4 Å². The van der Waals surface area contributed by atoms with Crippen LogP contribution in [-0.2, 0) is 4.84 Å². The molecule has 0 aromatic heterocycles. The van der Waals surface area contributed by atoms with Gasteiger partial charge in [0.15, 0.2) is 0 Å². The fourth-order valence-electron chi connectivity index (χ4n) is 2.21. The number of rotatable bonds is 4. The van der Waals surface area contributed by atoms with E-state index in [2.05, 4.69) is 0 Å². The van der Waals surface area contributed by atoms with Crippen LogP contribution >= 0.6 is 23.2 Å². The minimum Gasteiger partial charge on any atom is -0.290 e. The lowest BCUT2D eigenvalue weighted by atomic mass is 10.1. The van der Waals surface area contributed by atoms with Gasteiger partial charge in [-0.15, -0.1) is 0 Å². The summed E-state index contributed by atoms with van der Waals surface area (Å²) in [4.78, 5) is 5.21. The molecule has 2 rings (SSSR count). The molecule has 1 N–H and O–H groups in total. The normalized spacial score (nSPS) is 25.1. The monoisotopic (exact) mass is 275 g/mol. The van der Waals surface area contributed by atoms with Gasteiger partial charge in [0.2, 0.25) is 0 Å². The SMILES string of the molecule is CC(ON(C)O)[C@@H]1C[C@H]1c1ccc(Cl)cc1Cl. The van der Waals surface area contributed by atoms with Gasteiger partial charge < -0.3 is 0 Å². The highest BCUT2D eigenvalue weighted by atomic mass is 35.5. The van der Waals surface area contributed by atoms with E-state index in [1.165, 1.54) is 7.05 Å². The second kappa shape index (κ2) is 5.12. The van der Waals surface area contributed by atoms with Crippen molar-refractivity contribution in [3.63, 3.8) is 0 Å². The number of hydroxylamine groups is 2. The Bertz CT molecular complexity index is 411. The highest BCUT2D eigenvalue weighted by Crippen LogP contribution is 2.52. The molecule has 0 radical (unpaired) electrons. The Labute approximate surface area is 111 Å². The van der Waals surface area contributed by atoms with E-state index in [1.807, 2.05) is 19.1 Å². The Hall–Kier alpha value is -0.320. The molecule has 17 heavy (non-hydrogen) atoms. The molecule has 0 aliphatic heterocycles. The lowest BCUT2D eigenvalue weighted by Crippen LogP contribution is -2.23. The molecule has 0 saturated heterocycles. The summed E-state index contributed by atoms with van der Waals surface area (Å²) in [5.74, 6) is 0.790. The second-order valence-electron chi connectivity index (χ2n) is 4.45. The van der Waals surface area contributed by atoms with Gasteiger partial charge in [-0.2, -0.15) is 0 Å². The van der Waals surface area contributed by atoms with Crippen LogP contribution in [0.2, 0.25) is 10.0 Å². The molecule has 5 heteroatoms. The van der Waals surface area contributed by atoms with Crippen LogP contribution in [0.1, 0.15) is 24.8 Å². The third-order valence-electron chi connectivity index (χ3n) is 3.12.